The van der Waals surface area contributed by atoms with Gasteiger partial charge in [-0.05, 0) is 13.3 Å². The van der Waals surface area contributed by atoms with Crippen molar-refractivity contribution in [2.24, 2.45) is 0 Å². The van der Waals surface area contributed by atoms with Crippen LogP contribution in [0, 0.1) is 0 Å². The van der Waals surface area contributed by atoms with Gasteiger partial charge in [-0.1, -0.05) is 0 Å². The highest BCUT2D eigenvalue weighted by atomic mass is 16.5. The molecule has 0 aromatic carbocycles. The molecule has 1 fully saturated rings. The number of nitrogen functional groups attached to an aromatic ring is 1. The molecule has 6 heteroatoms. The van der Waals surface area contributed by atoms with Crippen LogP contribution in [0.2, 0.25) is 0 Å². The molecule has 1 unspecified atom stereocenters. The second-order valence-corrected chi connectivity index (χ2v) is 4.23. The zero-order valence-corrected chi connectivity index (χ0v) is 9.58. The standard InChI is InChI=1S/C10H17N5O/c1-10(3-4-16-6-10)15-8-5-7(12-2)13-9(11)14-8/h5H,3-4,6H2,1-2H3,(H4,11,12,13,14,15). The molecule has 1 aromatic heterocycles. The molecule has 4 N–H and O–H groups in total. The minimum Gasteiger partial charge on any atom is -0.379 e. The Kier molecular flexibility index (Phi) is 2.82. The van der Waals surface area contributed by atoms with E-state index in [9.17, 15) is 0 Å². The second kappa shape index (κ2) is 4.13. The highest BCUT2D eigenvalue weighted by Crippen LogP contribution is 2.23. The van der Waals surface area contributed by atoms with Crippen molar-refractivity contribution in [3.63, 3.8) is 0 Å². The molecule has 0 radical (unpaired) electrons. The quantitative estimate of drug-likeness (QED) is 0.699. The fourth-order valence-electron chi connectivity index (χ4n) is 1.73. The van der Waals surface area contributed by atoms with Crippen molar-refractivity contribution in [2.45, 2.75) is 18.9 Å². The number of anilines is 3. The summed E-state index contributed by atoms with van der Waals surface area (Å²) < 4.78 is 5.37. The summed E-state index contributed by atoms with van der Waals surface area (Å²) in [6, 6.07) is 1.83. The number of hydrogen-bond donors (Lipinski definition) is 3. The molecule has 0 spiro atoms. The van der Waals surface area contributed by atoms with Gasteiger partial charge in [0.25, 0.3) is 0 Å². The summed E-state index contributed by atoms with van der Waals surface area (Å²) in [4.78, 5) is 8.18. The van der Waals surface area contributed by atoms with Crippen molar-refractivity contribution < 1.29 is 4.74 Å². The number of hydrogen-bond acceptors (Lipinski definition) is 6. The summed E-state index contributed by atoms with van der Waals surface area (Å²) in [5.41, 5.74) is 5.56. The highest BCUT2D eigenvalue weighted by molar-refractivity contribution is 5.51. The fourth-order valence-corrected chi connectivity index (χ4v) is 1.73. The van der Waals surface area contributed by atoms with Crippen molar-refractivity contribution in [1.82, 2.24) is 9.97 Å². The molecule has 1 saturated heterocycles. The topological polar surface area (TPSA) is 85.1 Å². The molecule has 0 bridgehead atoms. The summed E-state index contributed by atoms with van der Waals surface area (Å²) in [5, 5.41) is 6.28. The number of nitrogens with zero attached hydrogens (tertiary/aromatic N) is 2. The van der Waals surface area contributed by atoms with E-state index in [0.29, 0.717) is 12.4 Å². The first-order valence-corrected chi connectivity index (χ1v) is 5.29. The average Bonchev–Trinajstić information content (AvgIpc) is 2.63. The largest absolute Gasteiger partial charge is 0.379 e. The van der Waals surface area contributed by atoms with Crippen LogP contribution in [-0.2, 0) is 4.74 Å². The van der Waals surface area contributed by atoms with Crippen molar-refractivity contribution >= 4 is 17.6 Å². The molecule has 1 aliphatic heterocycles. The highest BCUT2D eigenvalue weighted by Gasteiger charge is 2.29. The van der Waals surface area contributed by atoms with Gasteiger partial charge in [-0.15, -0.1) is 0 Å². The van der Waals surface area contributed by atoms with E-state index in [4.69, 9.17) is 10.5 Å². The third-order valence-electron chi connectivity index (χ3n) is 2.65. The first-order chi connectivity index (χ1) is 7.61. The second-order valence-electron chi connectivity index (χ2n) is 4.23. The zero-order valence-electron chi connectivity index (χ0n) is 9.58. The lowest BCUT2D eigenvalue weighted by atomic mass is 10.0. The fraction of sp³-hybridized carbons (Fsp3) is 0.600. The van der Waals surface area contributed by atoms with E-state index in [2.05, 4.69) is 27.5 Å². The average molecular weight is 223 g/mol. The Morgan fingerprint density at radius 3 is 2.81 bits per heavy atom. The van der Waals surface area contributed by atoms with E-state index in [1.165, 1.54) is 0 Å². The van der Waals surface area contributed by atoms with E-state index in [0.717, 1.165) is 18.8 Å². The number of nitrogens with two attached hydrogens (primary N) is 1. The summed E-state index contributed by atoms with van der Waals surface area (Å²) in [6.45, 7) is 3.58. The van der Waals surface area contributed by atoms with Crippen LogP contribution in [0.5, 0.6) is 0 Å². The predicted molar refractivity (Wildman–Crippen MR) is 63.5 cm³/mol. The number of aromatic nitrogens is 2. The minimum atomic E-state index is -0.0637. The van der Waals surface area contributed by atoms with Gasteiger partial charge in [0, 0.05) is 19.7 Å². The molecule has 0 saturated carbocycles. The Hall–Kier alpha value is -1.56. The van der Waals surface area contributed by atoms with Crippen molar-refractivity contribution in [3.8, 4) is 0 Å². The molecule has 1 atom stereocenters. The Balaban J connectivity index is 2.17. The molecule has 2 heterocycles. The van der Waals surface area contributed by atoms with Crippen LogP contribution in [0.25, 0.3) is 0 Å². The van der Waals surface area contributed by atoms with Gasteiger partial charge in [-0.25, -0.2) is 0 Å². The van der Waals surface area contributed by atoms with Crippen LogP contribution in [-0.4, -0.2) is 35.8 Å². The van der Waals surface area contributed by atoms with Gasteiger partial charge < -0.3 is 21.1 Å². The summed E-state index contributed by atoms with van der Waals surface area (Å²) in [5.74, 6) is 1.69. The van der Waals surface area contributed by atoms with Crippen LogP contribution < -0.4 is 16.4 Å². The molecule has 2 rings (SSSR count). The monoisotopic (exact) mass is 223 g/mol. The zero-order chi connectivity index (χ0) is 11.6. The van der Waals surface area contributed by atoms with E-state index in [1.807, 2.05) is 6.07 Å². The Bertz CT molecular complexity index is 375. The molecule has 1 aliphatic rings. The molecule has 1 aromatic rings. The molecule has 16 heavy (non-hydrogen) atoms. The Morgan fingerprint density at radius 2 is 2.19 bits per heavy atom. The van der Waals surface area contributed by atoms with Crippen LogP contribution >= 0.6 is 0 Å². The van der Waals surface area contributed by atoms with Gasteiger partial charge in [0.1, 0.15) is 11.6 Å². The van der Waals surface area contributed by atoms with Gasteiger partial charge in [0.05, 0.1) is 12.1 Å². The first kappa shape index (κ1) is 10.9. The predicted octanol–water partition coefficient (Wildman–Crippen LogP) is 0.691. The molecule has 0 aliphatic carbocycles. The number of ether oxygens (including phenoxy) is 1. The lowest BCUT2D eigenvalue weighted by molar-refractivity contribution is 0.185. The van der Waals surface area contributed by atoms with E-state index in [-0.39, 0.29) is 11.5 Å². The third-order valence-corrected chi connectivity index (χ3v) is 2.65. The third kappa shape index (κ3) is 2.33. The Labute approximate surface area is 94.6 Å². The lowest BCUT2D eigenvalue weighted by Crippen LogP contribution is -2.35. The van der Waals surface area contributed by atoms with Crippen LogP contribution in [0.1, 0.15) is 13.3 Å². The van der Waals surface area contributed by atoms with Gasteiger partial charge >= 0.3 is 0 Å². The van der Waals surface area contributed by atoms with Gasteiger partial charge in [0.2, 0.25) is 5.95 Å². The number of rotatable bonds is 3. The molecule has 88 valence electrons. The molecular weight excluding hydrogens is 206 g/mol. The van der Waals surface area contributed by atoms with Crippen molar-refractivity contribution in [3.05, 3.63) is 6.07 Å². The van der Waals surface area contributed by atoms with E-state index in [1.54, 1.807) is 7.05 Å². The maximum absolute atomic E-state index is 5.62. The smallest absolute Gasteiger partial charge is 0.223 e. The van der Waals surface area contributed by atoms with Crippen molar-refractivity contribution in [1.29, 1.82) is 0 Å². The minimum absolute atomic E-state index is 0.0637. The van der Waals surface area contributed by atoms with Crippen LogP contribution in [0.4, 0.5) is 17.6 Å². The first-order valence-electron chi connectivity index (χ1n) is 5.29. The maximum atomic E-state index is 5.62. The van der Waals surface area contributed by atoms with E-state index >= 15 is 0 Å². The summed E-state index contributed by atoms with van der Waals surface area (Å²) >= 11 is 0. The Morgan fingerprint density at radius 1 is 1.44 bits per heavy atom. The van der Waals surface area contributed by atoms with Gasteiger partial charge in [0.15, 0.2) is 0 Å². The maximum Gasteiger partial charge on any atom is 0.223 e. The van der Waals surface area contributed by atoms with Crippen molar-refractivity contribution in [2.75, 3.05) is 36.6 Å². The molecule has 0 amide bonds. The summed E-state index contributed by atoms with van der Waals surface area (Å²) in [7, 11) is 1.80. The summed E-state index contributed by atoms with van der Waals surface area (Å²) in [6.07, 6.45) is 0.964. The van der Waals surface area contributed by atoms with Gasteiger partial charge in [-0.3, -0.25) is 0 Å². The molecular formula is C10H17N5O. The SMILES string of the molecule is CNc1cc(NC2(C)CCOC2)nc(N)n1. The normalized spacial score (nSPS) is 24.4. The van der Waals surface area contributed by atoms with Crippen LogP contribution in [0.3, 0.4) is 0 Å². The van der Waals surface area contributed by atoms with E-state index < -0.39 is 0 Å². The number of nitrogens with one attached hydrogen (secondary N) is 2. The van der Waals surface area contributed by atoms with Gasteiger partial charge in [-0.2, -0.15) is 9.97 Å². The molecule has 6 nitrogen and oxygen atoms in total. The lowest BCUT2D eigenvalue weighted by Gasteiger charge is -2.24. The van der Waals surface area contributed by atoms with Crippen LogP contribution in [0.15, 0.2) is 6.07 Å².